The highest BCUT2D eigenvalue weighted by Gasteiger charge is 2.19. The number of carbonyl (C=O) groups excluding carboxylic acids is 1. The fraction of sp³-hybridized carbons (Fsp3) is 0.917. The quantitative estimate of drug-likeness (QED) is 0.599. The molecule has 0 radical (unpaired) electrons. The minimum atomic E-state index is -0.0508. The van der Waals surface area contributed by atoms with Crippen LogP contribution in [0.25, 0.3) is 0 Å². The first-order chi connectivity index (χ1) is 8.36. The first-order valence-electron chi connectivity index (χ1n) is 6.80. The van der Waals surface area contributed by atoms with Crippen LogP contribution in [0.3, 0.4) is 0 Å². The summed E-state index contributed by atoms with van der Waals surface area (Å²) >= 11 is 0. The van der Waals surface area contributed by atoms with Gasteiger partial charge in [-0.05, 0) is 25.9 Å². The summed E-state index contributed by atoms with van der Waals surface area (Å²) in [6, 6.07) is -0.0508. The summed E-state index contributed by atoms with van der Waals surface area (Å²) in [6.07, 6.45) is 3.98. The smallest absolute Gasteiger partial charge is 0.238 e. The second kappa shape index (κ2) is 6.93. The van der Waals surface area contributed by atoms with Crippen LogP contribution in [0.5, 0.6) is 0 Å². The van der Waals surface area contributed by atoms with Crippen molar-refractivity contribution in [2.45, 2.75) is 25.3 Å². The molecular weight excluding hydrogens is 216 g/mol. The second-order valence-electron chi connectivity index (χ2n) is 4.90. The first-order valence-corrected chi connectivity index (χ1v) is 6.80. The topological polar surface area (TPSA) is 56.4 Å². The van der Waals surface area contributed by atoms with Crippen LogP contribution in [-0.2, 0) is 4.79 Å². The molecule has 2 fully saturated rings. The Kier molecular flexibility index (Phi) is 5.22. The molecule has 2 aliphatic heterocycles. The van der Waals surface area contributed by atoms with Gasteiger partial charge in [0.25, 0.3) is 0 Å². The number of piperidine rings is 1. The third kappa shape index (κ3) is 4.26. The Bertz CT molecular complexity index is 235. The molecule has 2 rings (SSSR count). The maximum atomic E-state index is 11.8. The highest BCUT2D eigenvalue weighted by atomic mass is 16.2. The highest BCUT2D eigenvalue weighted by molar-refractivity contribution is 5.82. The van der Waals surface area contributed by atoms with E-state index in [0.29, 0.717) is 0 Å². The molecule has 98 valence electrons. The molecule has 0 aromatic carbocycles. The number of nitrogens with zero attached hydrogens (tertiary/aromatic N) is 1. The van der Waals surface area contributed by atoms with Crippen molar-refractivity contribution in [3.8, 4) is 0 Å². The molecule has 3 N–H and O–H groups in total. The lowest BCUT2D eigenvalue weighted by Crippen LogP contribution is -2.56. The van der Waals surface area contributed by atoms with Crippen LogP contribution < -0.4 is 16.0 Å². The Morgan fingerprint density at radius 1 is 1.24 bits per heavy atom. The molecule has 2 aliphatic rings. The van der Waals surface area contributed by atoms with Crippen LogP contribution in [0.15, 0.2) is 0 Å². The van der Waals surface area contributed by atoms with Gasteiger partial charge >= 0.3 is 0 Å². The van der Waals surface area contributed by atoms with Gasteiger partial charge in [0.1, 0.15) is 0 Å². The fourth-order valence-corrected chi connectivity index (χ4v) is 2.48. The Labute approximate surface area is 103 Å². The minimum Gasteiger partial charge on any atom is -0.353 e. The summed E-state index contributed by atoms with van der Waals surface area (Å²) in [7, 11) is 0. The average molecular weight is 240 g/mol. The van der Waals surface area contributed by atoms with Crippen molar-refractivity contribution in [2.24, 2.45) is 0 Å². The van der Waals surface area contributed by atoms with Gasteiger partial charge in [-0.25, -0.2) is 0 Å². The number of hydrogen-bond acceptors (Lipinski definition) is 4. The van der Waals surface area contributed by atoms with Crippen LogP contribution >= 0.6 is 0 Å². The van der Waals surface area contributed by atoms with Gasteiger partial charge in [-0.1, -0.05) is 6.42 Å². The summed E-state index contributed by atoms with van der Waals surface area (Å²) in [6.45, 7) is 6.73. The van der Waals surface area contributed by atoms with Crippen molar-refractivity contribution < 1.29 is 4.79 Å². The van der Waals surface area contributed by atoms with Gasteiger partial charge < -0.3 is 20.9 Å². The fourth-order valence-electron chi connectivity index (χ4n) is 2.48. The third-order valence-corrected chi connectivity index (χ3v) is 3.53. The lowest BCUT2D eigenvalue weighted by atomic mass is 10.1. The van der Waals surface area contributed by atoms with E-state index in [0.717, 1.165) is 32.7 Å². The number of piperazine rings is 1. The van der Waals surface area contributed by atoms with Crippen LogP contribution in [0.1, 0.15) is 19.3 Å². The standard InChI is InChI=1S/C12H24N4O/c17-12(11-10-13-4-5-14-11)15-6-9-16-7-2-1-3-8-16/h11,13-14H,1-10H2,(H,15,17). The number of carbonyl (C=O) groups is 1. The van der Waals surface area contributed by atoms with Crippen LogP contribution in [-0.4, -0.2) is 62.7 Å². The van der Waals surface area contributed by atoms with Gasteiger partial charge in [0, 0.05) is 32.7 Å². The molecule has 2 heterocycles. The Hall–Kier alpha value is -0.650. The molecule has 0 aromatic heterocycles. The van der Waals surface area contributed by atoms with Gasteiger partial charge in [-0.15, -0.1) is 0 Å². The lowest BCUT2D eigenvalue weighted by Gasteiger charge is -2.27. The van der Waals surface area contributed by atoms with Crippen LogP contribution in [0.4, 0.5) is 0 Å². The van der Waals surface area contributed by atoms with E-state index in [1.807, 2.05) is 0 Å². The zero-order chi connectivity index (χ0) is 11.9. The van der Waals surface area contributed by atoms with E-state index in [1.165, 1.54) is 32.4 Å². The molecule has 2 saturated heterocycles. The monoisotopic (exact) mass is 240 g/mol. The summed E-state index contributed by atoms with van der Waals surface area (Å²) < 4.78 is 0. The van der Waals surface area contributed by atoms with Crippen LogP contribution in [0, 0.1) is 0 Å². The van der Waals surface area contributed by atoms with Crippen molar-refractivity contribution in [3.63, 3.8) is 0 Å². The predicted molar refractivity (Wildman–Crippen MR) is 68.0 cm³/mol. The van der Waals surface area contributed by atoms with Crippen molar-refractivity contribution in [1.82, 2.24) is 20.9 Å². The maximum absolute atomic E-state index is 11.8. The minimum absolute atomic E-state index is 0.0508. The molecule has 0 saturated carbocycles. The van der Waals surface area contributed by atoms with Gasteiger partial charge in [0.2, 0.25) is 5.91 Å². The van der Waals surface area contributed by atoms with Crippen molar-refractivity contribution in [3.05, 3.63) is 0 Å². The third-order valence-electron chi connectivity index (χ3n) is 3.53. The normalized spacial score (nSPS) is 26.7. The molecule has 0 bridgehead atoms. The van der Waals surface area contributed by atoms with E-state index in [1.54, 1.807) is 0 Å². The van der Waals surface area contributed by atoms with Crippen molar-refractivity contribution >= 4 is 5.91 Å². The zero-order valence-corrected chi connectivity index (χ0v) is 10.5. The van der Waals surface area contributed by atoms with Crippen molar-refractivity contribution in [2.75, 3.05) is 45.8 Å². The molecule has 1 amide bonds. The number of hydrogen-bond donors (Lipinski definition) is 3. The van der Waals surface area contributed by atoms with Gasteiger partial charge in [0.05, 0.1) is 6.04 Å². The molecule has 0 spiro atoms. The van der Waals surface area contributed by atoms with Gasteiger partial charge in [0.15, 0.2) is 0 Å². The van der Waals surface area contributed by atoms with Crippen LogP contribution in [0.2, 0.25) is 0 Å². The summed E-state index contributed by atoms with van der Waals surface area (Å²) in [5.74, 6) is 0.134. The SMILES string of the molecule is O=C(NCCN1CCCCC1)C1CNCCN1. The number of nitrogens with one attached hydrogen (secondary N) is 3. The average Bonchev–Trinajstić information content (AvgIpc) is 2.41. The Balaban J connectivity index is 1.58. The Morgan fingerprint density at radius 3 is 2.76 bits per heavy atom. The summed E-state index contributed by atoms with van der Waals surface area (Å²) in [5, 5.41) is 9.46. The molecular formula is C12H24N4O. The predicted octanol–water partition coefficient (Wildman–Crippen LogP) is -0.850. The molecule has 0 aromatic rings. The van der Waals surface area contributed by atoms with Gasteiger partial charge in [-0.2, -0.15) is 0 Å². The molecule has 1 unspecified atom stereocenters. The number of amides is 1. The van der Waals surface area contributed by atoms with Gasteiger partial charge in [-0.3, -0.25) is 4.79 Å². The highest BCUT2D eigenvalue weighted by Crippen LogP contribution is 2.07. The van der Waals surface area contributed by atoms with E-state index in [2.05, 4.69) is 20.9 Å². The first kappa shape index (κ1) is 12.8. The van der Waals surface area contributed by atoms with E-state index in [9.17, 15) is 4.79 Å². The maximum Gasteiger partial charge on any atom is 0.238 e. The lowest BCUT2D eigenvalue weighted by molar-refractivity contribution is -0.123. The number of rotatable bonds is 4. The van der Waals surface area contributed by atoms with E-state index in [-0.39, 0.29) is 11.9 Å². The van der Waals surface area contributed by atoms with E-state index in [4.69, 9.17) is 0 Å². The largest absolute Gasteiger partial charge is 0.353 e. The van der Waals surface area contributed by atoms with Crippen molar-refractivity contribution in [1.29, 1.82) is 0 Å². The molecule has 1 atom stereocenters. The molecule has 0 aliphatic carbocycles. The zero-order valence-electron chi connectivity index (χ0n) is 10.5. The number of likely N-dealkylation sites (tertiary alicyclic amines) is 1. The van der Waals surface area contributed by atoms with E-state index >= 15 is 0 Å². The Morgan fingerprint density at radius 2 is 2.06 bits per heavy atom. The summed E-state index contributed by atoms with van der Waals surface area (Å²) in [4.78, 5) is 14.2. The molecule has 5 nitrogen and oxygen atoms in total. The summed E-state index contributed by atoms with van der Waals surface area (Å²) in [5.41, 5.74) is 0. The van der Waals surface area contributed by atoms with E-state index < -0.39 is 0 Å². The molecule has 17 heavy (non-hydrogen) atoms. The molecule has 5 heteroatoms. The second-order valence-corrected chi connectivity index (χ2v) is 4.90.